The van der Waals surface area contributed by atoms with Crippen LogP contribution in [-0.2, 0) is 11.2 Å². The van der Waals surface area contributed by atoms with E-state index in [1.165, 1.54) is 12.8 Å². The van der Waals surface area contributed by atoms with Gasteiger partial charge in [0, 0.05) is 24.0 Å². The van der Waals surface area contributed by atoms with Crippen molar-refractivity contribution in [2.75, 3.05) is 0 Å². The molecule has 5 nitrogen and oxygen atoms in total. The summed E-state index contributed by atoms with van der Waals surface area (Å²) in [5.74, 6) is 1.80. The summed E-state index contributed by atoms with van der Waals surface area (Å²) < 4.78 is 11.6. The number of benzene rings is 1. The van der Waals surface area contributed by atoms with Gasteiger partial charge in [0.2, 0.25) is 5.91 Å². The predicted octanol–water partition coefficient (Wildman–Crippen LogP) is 4.18. The minimum absolute atomic E-state index is 0.0234. The minimum atomic E-state index is -0.103. The zero-order valence-corrected chi connectivity index (χ0v) is 15.5. The number of ether oxygens (including phenoxy) is 1. The summed E-state index contributed by atoms with van der Waals surface area (Å²) in [6.07, 6.45) is 6.52. The number of carbonyl (C=O) groups is 1. The van der Waals surface area contributed by atoms with E-state index < -0.39 is 0 Å². The van der Waals surface area contributed by atoms with Gasteiger partial charge in [0.15, 0.2) is 0 Å². The molecule has 1 fully saturated rings. The third-order valence-corrected chi connectivity index (χ3v) is 5.83. The molecule has 1 N–H and O–H groups in total. The number of nitrogens with one attached hydrogen (secondary N) is 1. The Hall–Kier alpha value is -2.30. The number of aryl methyl sites for hydroxylation is 2. The first-order valence-electron chi connectivity index (χ1n) is 9.55. The van der Waals surface area contributed by atoms with Crippen LogP contribution >= 0.6 is 0 Å². The number of rotatable bonds is 4. The third-order valence-electron chi connectivity index (χ3n) is 5.83. The van der Waals surface area contributed by atoms with Crippen molar-refractivity contribution in [1.29, 1.82) is 0 Å². The molecular weight excluding hydrogens is 328 g/mol. The van der Waals surface area contributed by atoms with Crippen molar-refractivity contribution in [3.8, 4) is 5.75 Å². The number of para-hydroxylation sites is 1. The fraction of sp³-hybridized carbons (Fsp3) is 0.524. The summed E-state index contributed by atoms with van der Waals surface area (Å²) >= 11 is 0. The highest BCUT2D eigenvalue weighted by molar-refractivity contribution is 5.77. The van der Waals surface area contributed by atoms with Gasteiger partial charge in [-0.15, -0.1) is 0 Å². The van der Waals surface area contributed by atoms with Gasteiger partial charge in [-0.3, -0.25) is 4.79 Å². The fourth-order valence-electron chi connectivity index (χ4n) is 4.44. The standard InChI is InChI=1S/C21H26N2O3/c1-14-16(15(2)26-23-14)9-10-20(24)22-18-13-21(11-5-6-12-21)25-19-8-4-3-7-17(18)19/h3-4,7-8,18H,5-6,9-13H2,1-2H3,(H,22,24)/t18-/m1/s1. The summed E-state index contributed by atoms with van der Waals surface area (Å²) in [7, 11) is 0. The van der Waals surface area contributed by atoms with E-state index in [4.69, 9.17) is 9.26 Å². The highest BCUT2D eigenvalue weighted by Crippen LogP contribution is 2.47. The molecule has 1 atom stereocenters. The number of fused-ring (bicyclic) bond motifs is 1. The van der Waals surface area contributed by atoms with Gasteiger partial charge in [0.05, 0.1) is 11.7 Å². The van der Waals surface area contributed by atoms with E-state index in [0.717, 1.165) is 47.6 Å². The zero-order chi connectivity index (χ0) is 18.1. The van der Waals surface area contributed by atoms with Crippen LogP contribution in [0.1, 0.15) is 67.1 Å². The van der Waals surface area contributed by atoms with Crippen molar-refractivity contribution in [2.24, 2.45) is 0 Å². The Bertz CT molecular complexity index is 786. The van der Waals surface area contributed by atoms with Crippen LogP contribution in [0.4, 0.5) is 0 Å². The van der Waals surface area contributed by atoms with Gasteiger partial charge < -0.3 is 14.6 Å². The number of carbonyl (C=O) groups excluding carboxylic acids is 1. The van der Waals surface area contributed by atoms with Gasteiger partial charge in [-0.05, 0) is 52.0 Å². The lowest BCUT2D eigenvalue weighted by atomic mass is 9.86. The van der Waals surface area contributed by atoms with Crippen molar-refractivity contribution in [3.05, 3.63) is 46.8 Å². The van der Waals surface area contributed by atoms with E-state index in [1.807, 2.05) is 32.0 Å². The summed E-state index contributed by atoms with van der Waals surface area (Å²) in [5, 5.41) is 7.22. The molecule has 0 radical (unpaired) electrons. The molecule has 2 aliphatic rings. The largest absolute Gasteiger partial charge is 0.487 e. The SMILES string of the molecule is Cc1noc(C)c1CCC(=O)N[C@@H]1CC2(CCCC2)Oc2ccccc21. The molecule has 0 unspecified atom stereocenters. The van der Waals surface area contributed by atoms with Crippen LogP contribution in [0.25, 0.3) is 0 Å². The highest BCUT2D eigenvalue weighted by Gasteiger charge is 2.43. The van der Waals surface area contributed by atoms with Crippen molar-refractivity contribution < 1.29 is 14.1 Å². The molecule has 0 bridgehead atoms. The normalized spacial score (nSPS) is 20.6. The molecule has 1 spiro atoms. The average molecular weight is 354 g/mol. The molecule has 1 aliphatic heterocycles. The topological polar surface area (TPSA) is 64.4 Å². The Kier molecular flexibility index (Phi) is 4.47. The van der Waals surface area contributed by atoms with Crippen LogP contribution in [-0.4, -0.2) is 16.7 Å². The van der Waals surface area contributed by atoms with Gasteiger partial charge in [-0.2, -0.15) is 0 Å². The zero-order valence-electron chi connectivity index (χ0n) is 15.5. The molecule has 1 aliphatic carbocycles. The molecule has 1 amide bonds. The first-order chi connectivity index (χ1) is 12.6. The van der Waals surface area contributed by atoms with Crippen molar-refractivity contribution in [3.63, 3.8) is 0 Å². The summed E-state index contributed by atoms with van der Waals surface area (Å²) in [4.78, 5) is 12.6. The Morgan fingerprint density at radius 2 is 2.04 bits per heavy atom. The third kappa shape index (κ3) is 3.22. The molecule has 0 saturated heterocycles. The Labute approximate surface area is 154 Å². The van der Waals surface area contributed by atoms with Crippen LogP contribution in [0.5, 0.6) is 5.75 Å². The average Bonchev–Trinajstić information content (AvgIpc) is 3.20. The van der Waals surface area contributed by atoms with Crippen LogP contribution in [0.15, 0.2) is 28.8 Å². The van der Waals surface area contributed by atoms with E-state index in [9.17, 15) is 4.79 Å². The fourth-order valence-corrected chi connectivity index (χ4v) is 4.44. The number of hydrogen-bond acceptors (Lipinski definition) is 4. The first kappa shape index (κ1) is 17.1. The lowest BCUT2D eigenvalue weighted by Crippen LogP contribution is -2.43. The maximum Gasteiger partial charge on any atom is 0.220 e. The van der Waals surface area contributed by atoms with E-state index in [2.05, 4.69) is 16.5 Å². The van der Waals surface area contributed by atoms with Gasteiger partial charge in [-0.25, -0.2) is 0 Å². The number of aromatic nitrogens is 1. The molecule has 1 aromatic carbocycles. The van der Waals surface area contributed by atoms with Crippen LogP contribution in [0, 0.1) is 13.8 Å². The van der Waals surface area contributed by atoms with E-state index >= 15 is 0 Å². The lowest BCUT2D eigenvalue weighted by molar-refractivity contribution is -0.122. The molecule has 2 aromatic rings. The van der Waals surface area contributed by atoms with Crippen molar-refractivity contribution >= 4 is 5.91 Å². The maximum atomic E-state index is 12.6. The first-order valence-corrected chi connectivity index (χ1v) is 9.55. The molecule has 1 saturated carbocycles. The molecule has 2 heterocycles. The number of nitrogens with zero attached hydrogens (tertiary/aromatic N) is 1. The summed E-state index contributed by atoms with van der Waals surface area (Å²) in [6, 6.07) is 8.13. The van der Waals surface area contributed by atoms with Gasteiger partial charge in [0.1, 0.15) is 17.1 Å². The summed E-state index contributed by atoms with van der Waals surface area (Å²) in [6.45, 7) is 3.81. The second-order valence-corrected chi connectivity index (χ2v) is 7.66. The second kappa shape index (κ2) is 6.78. The Morgan fingerprint density at radius 1 is 1.27 bits per heavy atom. The van der Waals surface area contributed by atoms with Crippen LogP contribution in [0.2, 0.25) is 0 Å². The summed E-state index contributed by atoms with van der Waals surface area (Å²) in [5.41, 5.74) is 2.90. The number of amides is 1. The minimum Gasteiger partial charge on any atom is -0.487 e. The van der Waals surface area contributed by atoms with E-state index in [-0.39, 0.29) is 17.6 Å². The second-order valence-electron chi connectivity index (χ2n) is 7.66. The van der Waals surface area contributed by atoms with Gasteiger partial charge in [0.25, 0.3) is 0 Å². The molecular formula is C21H26N2O3. The number of hydrogen-bond donors (Lipinski definition) is 1. The smallest absolute Gasteiger partial charge is 0.220 e. The Morgan fingerprint density at radius 3 is 2.77 bits per heavy atom. The van der Waals surface area contributed by atoms with Crippen molar-refractivity contribution in [1.82, 2.24) is 10.5 Å². The van der Waals surface area contributed by atoms with Crippen LogP contribution < -0.4 is 10.1 Å². The van der Waals surface area contributed by atoms with E-state index in [1.54, 1.807) is 0 Å². The quantitative estimate of drug-likeness (QED) is 0.895. The van der Waals surface area contributed by atoms with Crippen LogP contribution in [0.3, 0.4) is 0 Å². The monoisotopic (exact) mass is 354 g/mol. The molecule has 1 aromatic heterocycles. The molecule has 5 heteroatoms. The van der Waals surface area contributed by atoms with Gasteiger partial charge >= 0.3 is 0 Å². The maximum absolute atomic E-state index is 12.6. The molecule has 4 rings (SSSR count). The predicted molar refractivity (Wildman–Crippen MR) is 98.1 cm³/mol. The van der Waals surface area contributed by atoms with Gasteiger partial charge in [-0.1, -0.05) is 23.4 Å². The van der Waals surface area contributed by atoms with E-state index in [0.29, 0.717) is 12.8 Å². The molecule has 26 heavy (non-hydrogen) atoms. The molecule has 138 valence electrons. The lowest BCUT2D eigenvalue weighted by Gasteiger charge is -2.40. The Balaban J connectivity index is 1.47. The van der Waals surface area contributed by atoms with Crippen molar-refractivity contribution in [2.45, 2.75) is 70.4 Å². The highest BCUT2D eigenvalue weighted by atomic mass is 16.5.